The fourth-order valence-electron chi connectivity index (χ4n) is 0.901. The molecule has 14 heavy (non-hydrogen) atoms. The van der Waals surface area contributed by atoms with Crippen molar-refractivity contribution in [1.82, 2.24) is 9.97 Å². The lowest BCUT2D eigenvalue weighted by atomic mass is 10.2. The molecule has 0 spiro atoms. The zero-order chi connectivity index (χ0) is 10.6. The number of carboxylic acids is 1. The summed E-state index contributed by atoms with van der Waals surface area (Å²) in [4.78, 5) is 18.6. The van der Waals surface area contributed by atoms with E-state index in [4.69, 9.17) is 10.8 Å². The van der Waals surface area contributed by atoms with Gasteiger partial charge in [-0.05, 0) is 12.3 Å². The summed E-state index contributed by atoms with van der Waals surface area (Å²) in [6.45, 7) is 0. The van der Waals surface area contributed by atoms with E-state index in [9.17, 15) is 4.79 Å². The van der Waals surface area contributed by atoms with Crippen molar-refractivity contribution in [3.05, 3.63) is 18.0 Å². The molecule has 0 aliphatic heterocycles. The summed E-state index contributed by atoms with van der Waals surface area (Å²) in [5.41, 5.74) is 6.03. The first kappa shape index (κ1) is 10.9. The first-order valence-electron chi connectivity index (χ1n) is 3.97. The molecule has 3 N–H and O–H groups in total. The van der Waals surface area contributed by atoms with Crippen LogP contribution in [0.15, 0.2) is 17.4 Å². The summed E-state index contributed by atoms with van der Waals surface area (Å²) in [6, 6.07) is 0.766. The SMILES string of the molecule is CSc1nccc(C[C@H](N)C(=O)O)n1. The van der Waals surface area contributed by atoms with E-state index in [1.54, 1.807) is 12.3 Å². The summed E-state index contributed by atoms with van der Waals surface area (Å²) < 4.78 is 0. The minimum atomic E-state index is -1.02. The Hall–Kier alpha value is -1.14. The third-order valence-corrected chi connectivity index (χ3v) is 2.18. The van der Waals surface area contributed by atoms with Crippen molar-refractivity contribution in [2.24, 2.45) is 5.73 Å². The van der Waals surface area contributed by atoms with Gasteiger partial charge in [0.05, 0.1) is 0 Å². The van der Waals surface area contributed by atoms with Gasteiger partial charge in [0.2, 0.25) is 0 Å². The Morgan fingerprint density at radius 1 is 1.79 bits per heavy atom. The van der Waals surface area contributed by atoms with Crippen LogP contribution in [0.2, 0.25) is 0 Å². The third kappa shape index (κ3) is 2.97. The highest BCUT2D eigenvalue weighted by Gasteiger charge is 2.13. The minimum Gasteiger partial charge on any atom is -0.480 e. The van der Waals surface area contributed by atoms with Crippen LogP contribution in [0.1, 0.15) is 5.69 Å². The summed E-state index contributed by atoms with van der Waals surface area (Å²) in [5.74, 6) is -1.02. The van der Waals surface area contributed by atoms with Crippen LogP contribution in [0.5, 0.6) is 0 Å². The van der Waals surface area contributed by atoms with Gasteiger partial charge in [0.15, 0.2) is 5.16 Å². The minimum absolute atomic E-state index is 0.228. The maximum atomic E-state index is 10.5. The third-order valence-electron chi connectivity index (χ3n) is 1.62. The zero-order valence-electron chi connectivity index (χ0n) is 7.67. The van der Waals surface area contributed by atoms with Crippen LogP contribution in [-0.4, -0.2) is 33.3 Å². The molecule has 1 atom stereocenters. The van der Waals surface area contributed by atoms with Crippen molar-refractivity contribution in [2.75, 3.05) is 6.26 Å². The molecule has 0 aromatic carbocycles. The maximum absolute atomic E-state index is 10.5. The molecule has 0 aliphatic rings. The van der Waals surface area contributed by atoms with Crippen molar-refractivity contribution in [3.8, 4) is 0 Å². The van der Waals surface area contributed by atoms with Crippen LogP contribution in [0.4, 0.5) is 0 Å². The second-order valence-electron chi connectivity index (χ2n) is 2.68. The van der Waals surface area contributed by atoms with E-state index in [0.717, 1.165) is 0 Å². The van der Waals surface area contributed by atoms with Crippen LogP contribution in [0.25, 0.3) is 0 Å². The predicted octanol–water partition coefficient (Wildman–Crippen LogP) is 0.153. The van der Waals surface area contributed by atoms with Gasteiger partial charge in [0.1, 0.15) is 6.04 Å². The van der Waals surface area contributed by atoms with Gasteiger partial charge >= 0.3 is 5.97 Å². The van der Waals surface area contributed by atoms with Gasteiger partial charge in [-0.15, -0.1) is 0 Å². The van der Waals surface area contributed by atoms with Crippen molar-refractivity contribution in [2.45, 2.75) is 17.6 Å². The Labute approximate surface area is 85.7 Å². The molecular weight excluding hydrogens is 202 g/mol. The van der Waals surface area contributed by atoms with E-state index in [1.165, 1.54) is 11.8 Å². The van der Waals surface area contributed by atoms with Gasteiger partial charge in [-0.3, -0.25) is 4.79 Å². The smallest absolute Gasteiger partial charge is 0.320 e. The predicted molar refractivity (Wildman–Crippen MR) is 53.1 cm³/mol. The van der Waals surface area contributed by atoms with Crippen LogP contribution in [-0.2, 0) is 11.2 Å². The largest absolute Gasteiger partial charge is 0.480 e. The van der Waals surface area contributed by atoms with Crippen molar-refractivity contribution >= 4 is 17.7 Å². The standard InChI is InChI=1S/C8H11N3O2S/c1-14-8-10-3-2-5(11-8)4-6(9)7(12)13/h2-3,6H,4,9H2,1H3,(H,12,13)/t6-/m0/s1. The molecule has 0 saturated carbocycles. The molecule has 1 aromatic heterocycles. The molecule has 1 aromatic rings. The van der Waals surface area contributed by atoms with E-state index in [-0.39, 0.29) is 6.42 Å². The highest BCUT2D eigenvalue weighted by molar-refractivity contribution is 7.98. The molecule has 0 unspecified atom stereocenters. The Kier molecular flexibility index (Phi) is 3.84. The Morgan fingerprint density at radius 3 is 3.07 bits per heavy atom. The molecule has 6 heteroatoms. The number of nitrogens with two attached hydrogens (primary N) is 1. The van der Waals surface area contributed by atoms with E-state index < -0.39 is 12.0 Å². The van der Waals surface area contributed by atoms with Crippen LogP contribution in [0, 0.1) is 0 Å². The van der Waals surface area contributed by atoms with Gasteiger partial charge in [-0.1, -0.05) is 11.8 Å². The van der Waals surface area contributed by atoms with Gasteiger partial charge in [0.25, 0.3) is 0 Å². The number of hydrogen-bond acceptors (Lipinski definition) is 5. The summed E-state index contributed by atoms with van der Waals surface area (Å²) in [6.07, 6.45) is 3.68. The Morgan fingerprint density at radius 2 is 2.50 bits per heavy atom. The van der Waals surface area contributed by atoms with Gasteiger partial charge in [-0.25, -0.2) is 9.97 Å². The molecule has 0 bridgehead atoms. The molecule has 76 valence electrons. The van der Waals surface area contributed by atoms with Crippen LogP contribution < -0.4 is 5.73 Å². The average Bonchev–Trinajstić information content (AvgIpc) is 2.18. The lowest BCUT2D eigenvalue weighted by Crippen LogP contribution is -2.32. The number of aromatic nitrogens is 2. The van der Waals surface area contributed by atoms with Crippen molar-refractivity contribution < 1.29 is 9.90 Å². The van der Waals surface area contributed by atoms with E-state index in [1.807, 2.05) is 6.26 Å². The second-order valence-corrected chi connectivity index (χ2v) is 3.46. The van der Waals surface area contributed by atoms with Crippen LogP contribution in [0.3, 0.4) is 0 Å². The first-order chi connectivity index (χ1) is 6.63. The molecule has 1 heterocycles. The quantitative estimate of drug-likeness (QED) is 0.546. The molecule has 0 saturated heterocycles. The number of aliphatic carboxylic acids is 1. The number of thioether (sulfide) groups is 1. The number of carboxylic acid groups (broad SMARTS) is 1. The molecule has 1 rings (SSSR count). The first-order valence-corrected chi connectivity index (χ1v) is 5.20. The Bertz CT molecular complexity index is 332. The molecule has 0 aliphatic carbocycles. The number of rotatable bonds is 4. The summed E-state index contributed by atoms with van der Waals surface area (Å²) >= 11 is 1.41. The molecule has 0 amide bonds. The number of carbonyl (C=O) groups is 1. The summed E-state index contributed by atoms with van der Waals surface area (Å²) in [7, 11) is 0. The number of hydrogen-bond donors (Lipinski definition) is 2. The van der Waals surface area contributed by atoms with Gasteiger partial charge in [0, 0.05) is 18.3 Å². The molecule has 0 fully saturated rings. The lowest BCUT2D eigenvalue weighted by molar-refractivity contribution is -0.138. The van der Waals surface area contributed by atoms with Crippen LogP contribution >= 0.6 is 11.8 Å². The second kappa shape index (κ2) is 4.92. The van der Waals surface area contributed by atoms with E-state index >= 15 is 0 Å². The monoisotopic (exact) mass is 213 g/mol. The van der Waals surface area contributed by atoms with E-state index in [0.29, 0.717) is 10.9 Å². The van der Waals surface area contributed by atoms with Gasteiger partial charge < -0.3 is 10.8 Å². The topological polar surface area (TPSA) is 89.1 Å². The highest BCUT2D eigenvalue weighted by atomic mass is 32.2. The van der Waals surface area contributed by atoms with Gasteiger partial charge in [-0.2, -0.15) is 0 Å². The lowest BCUT2D eigenvalue weighted by Gasteiger charge is -2.05. The fraction of sp³-hybridized carbons (Fsp3) is 0.375. The zero-order valence-corrected chi connectivity index (χ0v) is 8.49. The number of nitrogens with zero attached hydrogens (tertiary/aromatic N) is 2. The maximum Gasteiger partial charge on any atom is 0.320 e. The highest BCUT2D eigenvalue weighted by Crippen LogP contribution is 2.08. The summed E-state index contributed by atoms with van der Waals surface area (Å²) in [5, 5.41) is 9.22. The van der Waals surface area contributed by atoms with Crippen molar-refractivity contribution in [3.63, 3.8) is 0 Å². The normalized spacial score (nSPS) is 12.4. The van der Waals surface area contributed by atoms with E-state index in [2.05, 4.69) is 9.97 Å². The molecule has 5 nitrogen and oxygen atoms in total. The fourth-order valence-corrected chi connectivity index (χ4v) is 1.28. The Balaban J connectivity index is 2.71. The molecular formula is C8H11N3O2S. The molecule has 0 radical (unpaired) electrons. The average molecular weight is 213 g/mol. The van der Waals surface area contributed by atoms with Crippen molar-refractivity contribution in [1.29, 1.82) is 0 Å².